The molecule has 0 saturated heterocycles. The molecule has 0 aliphatic heterocycles. The van der Waals surface area contributed by atoms with Gasteiger partial charge in [-0.3, -0.25) is 0 Å². The molecule has 66 valence electrons. The molecule has 0 aromatic heterocycles. The van der Waals surface area contributed by atoms with E-state index >= 15 is 0 Å². The van der Waals surface area contributed by atoms with Gasteiger partial charge in [-0.1, -0.05) is 0 Å². The summed E-state index contributed by atoms with van der Waals surface area (Å²) in [4.78, 5) is 0. The molecule has 2 nitrogen and oxygen atoms in total. The maximum atomic E-state index is 12.9. The average molecular weight is 172 g/mol. The Morgan fingerprint density at radius 3 is 1.50 bits per heavy atom. The molecule has 12 heavy (non-hydrogen) atoms. The Morgan fingerprint density at radius 1 is 0.917 bits per heavy atom. The van der Waals surface area contributed by atoms with E-state index in [1.807, 2.05) is 0 Å². The van der Waals surface area contributed by atoms with Crippen LogP contribution in [0.3, 0.4) is 0 Å². The van der Waals surface area contributed by atoms with Gasteiger partial charge in [0.25, 0.3) is 0 Å². The molecule has 2 N–H and O–H groups in total. The van der Waals surface area contributed by atoms with Crippen molar-refractivity contribution in [2.75, 3.05) is 24.7 Å². The fourth-order valence-electron chi connectivity index (χ4n) is 1.04. The van der Waals surface area contributed by atoms with Crippen molar-refractivity contribution in [1.82, 2.24) is 0 Å². The number of hydrogen-bond acceptors (Lipinski definition) is 2. The van der Waals surface area contributed by atoms with E-state index in [1.165, 1.54) is 0 Å². The molecule has 0 heterocycles. The third-order valence-electron chi connectivity index (χ3n) is 1.60. The highest BCUT2D eigenvalue weighted by Gasteiger charge is 2.10. The summed E-state index contributed by atoms with van der Waals surface area (Å²) in [5.74, 6) is -0.938. The first-order valence-corrected chi connectivity index (χ1v) is 3.54. The molecule has 1 aromatic rings. The van der Waals surface area contributed by atoms with Crippen LogP contribution in [0.4, 0.5) is 20.2 Å². The van der Waals surface area contributed by atoms with Crippen molar-refractivity contribution in [3.63, 3.8) is 0 Å². The SMILES string of the molecule is CNc1c(F)ccc(F)c1NC. The van der Waals surface area contributed by atoms with Crippen LogP contribution in [0.25, 0.3) is 0 Å². The minimum absolute atomic E-state index is 0.150. The summed E-state index contributed by atoms with van der Waals surface area (Å²) in [7, 11) is 3.08. The molecule has 0 fully saturated rings. The van der Waals surface area contributed by atoms with Crippen molar-refractivity contribution in [2.24, 2.45) is 0 Å². The molecule has 0 saturated carbocycles. The lowest BCUT2D eigenvalue weighted by molar-refractivity contribution is 0.606. The summed E-state index contributed by atoms with van der Waals surface area (Å²) >= 11 is 0. The first-order valence-electron chi connectivity index (χ1n) is 3.54. The molecule has 0 aliphatic carbocycles. The van der Waals surface area contributed by atoms with Gasteiger partial charge in [-0.25, -0.2) is 8.78 Å². The quantitative estimate of drug-likeness (QED) is 0.713. The Hall–Kier alpha value is -1.32. The largest absolute Gasteiger partial charge is 0.384 e. The van der Waals surface area contributed by atoms with Crippen molar-refractivity contribution in [3.8, 4) is 0 Å². The molecule has 4 heteroatoms. The highest BCUT2D eigenvalue weighted by molar-refractivity contribution is 5.69. The van der Waals surface area contributed by atoms with E-state index in [-0.39, 0.29) is 11.4 Å². The number of halogens is 2. The van der Waals surface area contributed by atoms with Gasteiger partial charge in [0.15, 0.2) is 0 Å². The van der Waals surface area contributed by atoms with Gasteiger partial charge < -0.3 is 10.6 Å². The van der Waals surface area contributed by atoms with Crippen LogP contribution in [-0.4, -0.2) is 14.1 Å². The van der Waals surface area contributed by atoms with E-state index in [2.05, 4.69) is 10.6 Å². The van der Waals surface area contributed by atoms with Gasteiger partial charge in [0.05, 0.1) is 11.4 Å². The van der Waals surface area contributed by atoms with Crippen molar-refractivity contribution < 1.29 is 8.78 Å². The zero-order valence-electron chi connectivity index (χ0n) is 6.91. The van der Waals surface area contributed by atoms with E-state index < -0.39 is 11.6 Å². The highest BCUT2D eigenvalue weighted by Crippen LogP contribution is 2.26. The van der Waals surface area contributed by atoms with Crippen LogP contribution in [0, 0.1) is 11.6 Å². The first kappa shape index (κ1) is 8.77. The highest BCUT2D eigenvalue weighted by atomic mass is 19.1. The summed E-state index contributed by atoms with van der Waals surface area (Å²) in [6.07, 6.45) is 0. The van der Waals surface area contributed by atoms with Crippen LogP contribution in [0.5, 0.6) is 0 Å². The van der Waals surface area contributed by atoms with Crippen molar-refractivity contribution in [1.29, 1.82) is 0 Å². The Balaban J connectivity index is 3.28. The second-order valence-corrected chi connectivity index (χ2v) is 2.28. The van der Waals surface area contributed by atoms with Crippen LogP contribution < -0.4 is 10.6 Å². The Kier molecular flexibility index (Phi) is 2.47. The van der Waals surface area contributed by atoms with E-state index in [1.54, 1.807) is 14.1 Å². The van der Waals surface area contributed by atoms with E-state index in [0.29, 0.717) is 0 Å². The van der Waals surface area contributed by atoms with Crippen molar-refractivity contribution in [3.05, 3.63) is 23.8 Å². The minimum Gasteiger partial charge on any atom is -0.384 e. The number of benzene rings is 1. The Labute approximate surface area is 69.6 Å². The van der Waals surface area contributed by atoms with Gasteiger partial charge in [-0.05, 0) is 12.1 Å². The second kappa shape index (κ2) is 3.38. The van der Waals surface area contributed by atoms with Gasteiger partial charge in [-0.15, -0.1) is 0 Å². The van der Waals surface area contributed by atoms with Crippen LogP contribution in [-0.2, 0) is 0 Å². The fraction of sp³-hybridized carbons (Fsp3) is 0.250. The smallest absolute Gasteiger partial charge is 0.148 e. The third kappa shape index (κ3) is 1.32. The Bertz CT molecular complexity index is 258. The second-order valence-electron chi connectivity index (χ2n) is 2.28. The topological polar surface area (TPSA) is 24.1 Å². The molecule has 1 rings (SSSR count). The summed E-state index contributed by atoms with van der Waals surface area (Å²) in [5.41, 5.74) is 0.301. The van der Waals surface area contributed by atoms with Crippen LogP contribution in [0.2, 0.25) is 0 Å². The first-order chi connectivity index (χ1) is 5.70. The van der Waals surface area contributed by atoms with E-state index in [0.717, 1.165) is 12.1 Å². The zero-order chi connectivity index (χ0) is 9.14. The van der Waals surface area contributed by atoms with Gasteiger partial charge >= 0.3 is 0 Å². The lowest BCUT2D eigenvalue weighted by atomic mass is 10.2. The summed E-state index contributed by atoms with van der Waals surface area (Å²) in [5, 5.41) is 5.16. The summed E-state index contributed by atoms with van der Waals surface area (Å²) < 4.78 is 25.9. The molecule has 0 unspecified atom stereocenters. The number of nitrogens with one attached hydrogen (secondary N) is 2. The van der Waals surface area contributed by atoms with Crippen LogP contribution >= 0.6 is 0 Å². The fourth-order valence-corrected chi connectivity index (χ4v) is 1.04. The van der Waals surface area contributed by atoms with Gasteiger partial charge in [0, 0.05) is 14.1 Å². The summed E-state index contributed by atoms with van der Waals surface area (Å²) in [6, 6.07) is 2.17. The number of anilines is 2. The molecular formula is C8H10F2N2. The normalized spacial score (nSPS) is 9.67. The molecular weight excluding hydrogens is 162 g/mol. The Morgan fingerprint density at radius 2 is 1.25 bits per heavy atom. The monoisotopic (exact) mass is 172 g/mol. The standard InChI is InChI=1S/C8H10F2N2/c1-11-7-5(9)3-4-6(10)8(7)12-2/h3-4,11-12H,1-2H3. The molecule has 0 amide bonds. The lowest BCUT2D eigenvalue weighted by Gasteiger charge is -2.09. The summed E-state index contributed by atoms with van der Waals surface area (Å²) in [6.45, 7) is 0. The van der Waals surface area contributed by atoms with Gasteiger partial charge in [-0.2, -0.15) is 0 Å². The van der Waals surface area contributed by atoms with E-state index in [4.69, 9.17) is 0 Å². The van der Waals surface area contributed by atoms with Crippen LogP contribution in [0.15, 0.2) is 12.1 Å². The predicted molar refractivity (Wildman–Crippen MR) is 45.5 cm³/mol. The molecule has 0 atom stereocenters. The molecule has 0 radical (unpaired) electrons. The molecule has 0 bridgehead atoms. The molecule has 1 aromatic carbocycles. The molecule has 0 spiro atoms. The third-order valence-corrected chi connectivity index (χ3v) is 1.60. The zero-order valence-corrected chi connectivity index (χ0v) is 6.91. The van der Waals surface area contributed by atoms with Crippen molar-refractivity contribution >= 4 is 11.4 Å². The molecule has 0 aliphatic rings. The maximum Gasteiger partial charge on any atom is 0.148 e. The van der Waals surface area contributed by atoms with Gasteiger partial charge in [0.1, 0.15) is 11.6 Å². The predicted octanol–water partition coefficient (Wildman–Crippen LogP) is 2.05. The van der Waals surface area contributed by atoms with E-state index in [9.17, 15) is 8.78 Å². The number of hydrogen-bond donors (Lipinski definition) is 2. The average Bonchev–Trinajstić information content (AvgIpc) is 2.08. The van der Waals surface area contributed by atoms with Crippen molar-refractivity contribution in [2.45, 2.75) is 0 Å². The minimum atomic E-state index is -0.469. The maximum absolute atomic E-state index is 12.9. The van der Waals surface area contributed by atoms with Crippen LogP contribution in [0.1, 0.15) is 0 Å². The lowest BCUT2D eigenvalue weighted by Crippen LogP contribution is -2.01. The van der Waals surface area contributed by atoms with Gasteiger partial charge in [0.2, 0.25) is 0 Å². The number of rotatable bonds is 2.